The van der Waals surface area contributed by atoms with E-state index in [9.17, 15) is 4.79 Å². The van der Waals surface area contributed by atoms with Gasteiger partial charge < -0.3 is 14.2 Å². The molecule has 6 nitrogen and oxygen atoms in total. The summed E-state index contributed by atoms with van der Waals surface area (Å²) < 4.78 is 11.5. The van der Waals surface area contributed by atoms with Gasteiger partial charge >= 0.3 is 0 Å². The first-order valence-corrected chi connectivity index (χ1v) is 9.93. The van der Waals surface area contributed by atoms with Crippen LogP contribution in [-0.4, -0.2) is 16.1 Å². The molecule has 1 amide bonds. The average Bonchev–Trinajstić information content (AvgIpc) is 3.41. The van der Waals surface area contributed by atoms with Crippen LogP contribution in [-0.2, 0) is 6.42 Å². The van der Waals surface area contributed by atoms with Gasteiger partial charge in [0.15, 0.2) is 5.76 Å². The highest BCUT2D eigenvalue weighted by Gasteiger charge is 2.17. The Kier molecular flexibility index (Phi) is 4.80. The minimum Gasteiger partial charge on any atom is -0.451 e. The number of carbonyl (C=O) groups is 1. The maximum absolute atomic E-state index is 12.7. The van der Waals surface area contributed by atoms with Crippen molar-refractivity contribution in [3.8, 4) is 11.5 Å². The lowest BCUT2D eigenvalue weighted by molar-refractivity contribution is 0.0998. The number of fused-ring (bicyclic) bond motifs is 1. The van der Waals surface area contributed by atoms with E-state index in [1.54, 1.807) is 0 Å². The van der Waals surface area contributed by atoms with Gasteiger partial charge in [-0.05, 0) is 42.8 Å². The van der Waals surface area contributed by atoms with Gasteiger partial charge in [0.05, 0.1) is 6.42 Å². The fourth-order valence-electron chi connectivity index (χ4n) is 3.48. The lowest BCUT2D eigenvalue weighted by Gasteiger charge is -2.05. The highest BCUT2D eigenvalue weighted by atomic mass is 16.4. The summed E-state index contributed by atoms with van der Waals surface area (Å²) in [7, 11) is 0. The van der Waals surface area contributed by atoms with E-state index in [0.29, 0.717) is 35.2 Å². The van der Waals surface area contributed by atoms with Gasteiger partial charge in [0, 0.05) is 22.2 Å². The standard InChI is InChI=1S/C25H19N3O3/c1-16-20-9-5-6-10-21(20)30-23(16)24(29)26-19-13-11-17(12-14-19)15-22-27-28-25(31-22)18-7-3-2-4-8-18/h2-14H,15H2,1H3,(H,26,29). The first kappa shape index (κ1) is 18.8. The third kappa shape index (κ3) is 3.83. The van der Waals surface area contributed by atoms with Crippen molar-refractivity contribution in [3.05, 3.63) is 102 Å². The molecule has 0 unspecified atom stereocenters. The topological polar surface area (TPSA) is 81.2 Å². The number of hydrogen-bond donors (Lipinski definition) is 1. The minimum absolute atomic E-state index is 0.272. The molecule has 0 aliphatic rings. The first-order chi connectivity index (χ1) is 15.2. The zero-order chi connectivity index (χ0) is 21.2. The number of carbonyl (C=O) groups excluding carboxylic acids is 1. The number of nitrogens with zero attached hydrogens (tertiary/aromatic N) is 2. The molecule has 0 saturated carbocycles. The molecule has 1 N–H and O–H groups in total. The van der Waals surface area contributed by atoms with Gasteiger partial charge in [-0.25, -0.2) is 0 Å². The van der Waals surface area contributed by atoms with Crippen LogP contribution in [0.5, 0.6) is 0 Å². The second kappa shape index (κ2) is 7.91. The van der Waals surface area contributed by atoms with Gasteiger partial charge in [0.1, 0.15) is 5.58 Å². The Morgan fingerprint density at radius 2 is 1.61 bits per heavy atom. The van der Waals surface area contributed by atoms with Crippen LogP contribution in [0.2, 0.25) is 0 Å². The zero-order valence-electron chi connectivity index (χ0n) is 16.8. The molecule has 0 bridgehead atoms. The molecular weight excluding hydrogens is 390 g/mol. The summed E-state index contributed by atoms with van der Waals surface area (Å²) in [4.78, 5) is 12.7. The molecule has 2 aromatic heterocycles. The predicted molar refractivity (Wildman–Crippen MR) is 118 cm³/mol. The van der Waals surface area contributed by atoms with E-state index in [-0.39, 0.29) is 5.91 Å². The summed E-state index contributed by atoms with van der Waals surface area (Å²) in [5.74, 6) is 1.09. The molecule has 0 spiro atoms. The molecule has 152 valence electrons. The van der Waals surface area contributed by atoms with Crippen LogP contribution in [0.25, 0.3) is 22.4 Å². The number of furan rings is 1. The summed E-state index contributed by atoms with van der Waals surface area (Å²) in [5, 5.41) is 12.1. The Morgan fingerprint density at radius 1 is 0.871 bits per heavy atom. The average molecular weight is 409 g/mol. The van der Waals surface area contributed by atoms with Crippen LogP contribution in [0.15, 0.2) is 87.7 Å². The van der Waals surface area contributed by atoms with Crippen LogP contribution < -0.4 is 5.32 Å². The number of aryl methyl sites for hydroxylation is 1. The second-order valence-corrected chi connectivity index (χ2v) is 7.25. The number of anilines is 1. The minimum atomic E-state index is -0.272. The van der Waals surface area contributed by atoms with E-state index in [4.69, 9.17) is 8.83 Å². The Morgan fingerprint density at radius 3 is 2.39 bits per heavy atom. The Balaban J connectivity index is 1.27. The zero-order valence-corrected chi connectivity index (χ0v) is 16.8. The normalized spacial score (nSPS) is 11.0. The van der Waals surface area contributed by atoms with Gasteiger partial charge in [-0.1, -0.05) is 48.5 Å². The fraction of sp³-hybridized carbons (Fsp3) is 0.0800. The van der Waals surface area contributed by atoms with E-state index < -0.39 is 0 Å². The van der Waals surface area contributed by atoms with Crippen LogP contribution in [0, 0.1) is 6.92 Å². The van der Waals surface area contributed by atoms with Crippen molar-refractivity contribution in [1.29, 1.82) is 0 Å². The molecule has 3 aromatic carbocycles. The number of aromatic nitrogens is 2. The summed E-state index contributed by atoms with van der Waals surface area (Å²) in [5.41, 5.74) is 4.11. The molecule has 0 fully saturated rings. The molecular formula is C25H19N3O3. The predicted octanol–water partition coefficient (Wildman–Crippen LogP) is 5.63. The van der Waals surface area contributed by atoms with Crippen LogP contribution in [0.1, 0.15) is 27.6 Å². The van der Waals surface area contributed by atoms with Crippen molar-refractivity contribution in [2.75, 3.05) is 5.32 Å². The Hall–Kier alpha value is -4.19. The van der Waals surface area contributed by atoms with Crippen molar-refractivity contribution in [1.82, 2.24) is 10.2 Å². The van der Waals surface area contributed by atoms with Crippen LogP contribution in [0.4, 0.5) is 5.69 Å². The number of nitrogens with one attached hydrogen (secondary N) is 1. The van der Waals surface area contributed by atoms with Crippen molar-refractivity contribution in [3.63, 3.8) is 0 Å². The largest absolute Gasteiger partial charge is 0.451 e. The summed E-state index contributed by atoms with van der Waals surface area (Å²) in [6, 6.07) is 24.8. The van der Waals surface area contributed by atoms with Crippen molar-refractivity contribution in [2.45, 2.75) is 13.3 Å². The number of amides is 1. The quantitative estimate of drug-likeness (QED) is 0.407. The Bertz CT molecular complexity index is 1350. The first-order valence-electron chi connectivity index (χ1n) is 9.93. The fourth-order valence-corrected chi connectivity index (χ4v) is 3.48. The lowest BCUT2D eigenvalue weighted by atomic mass is 10.1. The van der Waals surface area contributed by atoms with Gasteiger partial charge in [0.2, 0.25) is 11.8 Å². The second-order valence-electron chi connectivity index (χ2n) is 7.25. The molecule has 2 heterocycles. The van der Waals surface area contributed by atoms with Crippen molar-refractivity contribution < 1.29 is 13.6 Å². The van der Waals surface area contributed by atoms with Crippen molar-refractivity contribution >= 4 is 22.6 Å². The number of rotatable bonds is 5. The lowest BCUT2D eigenvalue weighted by Crippen LogP contribution is -2.12. The summed E-state index contributed by atoms with van der Waals surface area (Å²) >= 11 is 0. The number of para-hydroxylation sites is 1. The van der Waals surface area contributed by atoms with E-state index in [1.807, 2.05) is 85.8 Å². The smallest absolute Gasteiger partial charge is 0.291 e. The monoisotopic (exact) mass is 409 g/mol. The molecule has 6 heteroatoms. The van der Waals surface area contributed by atoms with Gasteiger partial charge in [-0.3, -0.25) is 4.79 Å². The molecule has 0 aliphatic heterocycles. The maximum Gasteiger partial charge on any atom is 0.291 e. The molecule has 0 atom stereocenters. The molecule has 0 radical (unpaired) electrons. The molecule has 0 saturated heterocycles. The highest BCUT2D eigenvalue weighted by molar-refractivity contribution is 6.06. The van der Waals surface area contributed by atoms with Gasteiger partial charge in [-0.2, -0.15) is 0 Å². The van der Waals surface area contributed by atoms with Crippen molar-refractivity contribution in [2.24, 2.45) is 0 Å². The Labute approximate surface area is 178 Å². The van der Waals surface area contributed by atoms with E-state index >= 15 is 0 Å². The van der Waals surface area contributed by atoms with E-state index in [0.717, 1.165) is 22.1 Å². The maximum atomic E-state index is 12.7. The number of benzene rings is 3. The highest BCUT2D eigenvalue weighted by Crippen LogP contribution is 2.26. The molecule has 31 heavy (non-hydrogen) atoms. The third-order valence-electron chi connectivity index (χ3n) is 5.10. The van der Waals surface area contributed by atoms with Crippen LogP contribution in [0.3, 0.4) is 0 Å². The van der Waals surface area contributed by atoms with Gasteiger partial charge in [-0.15, -0.1) is 10.2 Å². The van der Waals surface area contributed by atoms with Crippen LogP contribution >= 0.6 is 0 Å². The van der Waals surface area contributed by atoms with E-state index in [1.165, 1.54) is 0 Å². The molecule has 5 rings (SSSR count). The number of hydrogen-bond acceptors (Lipinski definition) is 5. The SMILES string of the molecule is Cc1c(C(=O)Nc2ccc(Cc3nnc(-c4ccccc4)o3)cc2)oc2ccccc12. The summed E-state index contributed by atoms with van der Waals surface area (Å²) in [6.07, 6.45) is 0.511. The summed E-state index contributed by atoms with van der Waals surface area (Å²) in [6.45, 7) is 1.89. The van der Waals surface area contributed by atoms with Gasteiger partial charge in [0.25, 0.3) is 5.91 Å². The third-order valence-corrected chi connectivity index (χ3v) is 5.10. The molecule has 0 aliphatic carbocycles. The van der Waals surface area contributed by atoms with E-state index in [2.05, 4.69) is 15.5 Å². The molecule has 5 aromatic rings.